The van der Waals surface area contributed by atoms with Crippen LogP contribution in [0.4, 0.5) is 0 Å². The van der Waals surface area contributed by atoms with Crippen LogP contribution in [0.5, 0.6) is 0 Å². The van der Waals surface area contributed by atoms with Gasteiger partial charge in [0.2, 0.25) is 0 Å². The number of hydrogen-bond acceptors (Lipinski definition) is 4. The maximum atomic E-state index is 12.7. The fourth-order valence-electron chi connectivity index (χ4n) is 3.33. The molecule has 0 spiro atoms. The molecule has 0 aliphatic rings. The molecule has 29 heavy (non-hydrogen) atoms. The van der Waals surface area contributed by atoms with Crippen molar-refractivity contribution in [2.24, 2.45) is 0 Å². The third-order valence-electron chi connectivity index (χ3n) is 5.20. The lowest BCUT2D eigenvalue weighted by atomic mass is 10.1. The van der Waals surface area contributed by atoms with Gasteiger partial charge < -0.3 is 24.8 Å². The van der Waals surface area contributed by atoms with Gasteiger partial charge in [-0.15, -0.1) is 0 Å². The quantitative estimate of drug-likeness (QED) is 0.432. The van der Waals surface area contributed by atoms with E-state index in [-0.39, 0.29) is 5.56 Å². The van der Waals surface area contributed by atoms with Gasteiger partial charge in [-0.1, -0.05) is 32.0 Å². The molecule has 0 saturated carbocycles. The summed E-state index contributed by atoms with van der Waals surface area (Å²) in [6, 6.07) is 8.04. The molecule has 0 bridgehead atoms. The van der Waals surface area contributed by atoms with Crippen molar-refractivity contribution in [2.45, 2.75) is 33.7 Å². The van der Waals surface area contributed by atoms with Gasteiger partial charge in [0.1, 0.15) is 0 Å². The van der Waals surface area contributed by atoms with Crippen molar-refractivity contribution in [2.75, 3.05) is 46.4 Å². The number of methoxy groups -OCH3 is 1. The number of para-hydroxylation sites is 1. The van der Waals surface area contributed by atoms with Gasteiger partial charge >= 0.3 is 0 Å². The number of H-pyrrole nitrogens is 1. The maximum absolute atomic E-state index is 12.7. The first kappa shape index (κ1) is 23.3. The highest BCUT2D eigenvalue weighted by molar-refractivity contribution is 7.80. The van der Waals surface area contributed by atoms with Gasteiger partial charge in [-0.05, 0) is 55.7 Å². The maximum Gasteiger partial charge on any atom is 0.253 e. The van der Waals surface area contributed by atoms with Crippen LogP contribution in [-0.4, -0.2) is 66.3 Å². The lowest BCUT2D eigenvalue weighted by molar-refractivity contribution is 0.195. The summed E-state index contributed by atoms with van der Waals surface area (Å²) in [5, 5.41) is 5.03. The number of benzene rings is 1. The Labute approximate surface area is 179 Å². The smallest absolute Gasteiger partial charge is 0.253 e. The number of aryl methyl sites for hydroxylation is 1. The third-order valence-corrected chi connectivity index (χ3v) is 5.60. The lowest BCUT2D eigenvalue weighted by Gasteiger charge is -2.29. The van der Waals surface area contributed by atoms with Gasteiger partial charge in [-0.2, -0.15) is 0 Å². The number of aromatic amines is 1. The van der Waals surface area contributed by atoms with Crippen molar-refractivity contribution in [3.8, 4) is 0 Å². The number of rotatable bonds is 11. The highest BCUT2D eigenvalue weighted by Crippen LogP contribution is 2.16. The minimum Gasteiger partial charge on any atom is -0.385 e. The molecule has 7 heteroatoms. The fourth-order valence-corrected chi connectivity index (χ4v) is 3.59. The molecule has 0 aliphatic heterocycles. The average Bonchev–Trinajstić information content (AvgIpc) is 2.72. The van der Waals surface area contributed by atoms with Crippen LogP contribution in [0.25, 0.3) is 10.9 Å². The summed E-state index contributed by atoms with van der Waals surface area (Å²) in [6.07, 6.45) is 0.885. The number of thiocarbonyl (C=S) groups is 1. The van der Waals surface area contributed by atoms with E-state index in [1.165, 1.54) is 0 Å². The van der Waals surface area contributed by atoms with E-state index in [0.29, 0.717) is 18.3 Å². The van der Waals surface area contributed by atoms with E-state index < -0.39 is 0 Å². The van der Waals surface area contributed by atoms with Crippen LogP contribution in [0.3, 0.4) is 0 Å². The zero-order valence-corrected chi connectivity index (χ0v) is 18.9. The SMILES string of the molecule is CCN(CC)CCN(Cc1cc2cccc(C)c2[nH]c1=O)C(=S)NCCCOC. The summed E-state index contributed by atoms with van der Waals surface area (Å²) in [5.41, 5.74) is 2.64. The molecule has 1 aromatic heterocycles. The van der Waals surface area contributed by atoms with E-state index in [1.54, 1.807) is 7.11 Å². The predicted molar refractivity (Wildman–Crippen MR) is 125 cm³/mol. The van der Waals surface area contributed by atoms with Crippen LogP contribution in [0, 0.1) is 6.92 Å². The molecule has 0 unspecified atom stereocenters. The second kappa shape index (κ2) is 11.9. The molecular weight excluding hydrogens is 384 g/mol. The Kier molecular flexibility index (Phi) is 9.57. The highest BCUT2D eigenvalue weighted by atomic mass is 32.1. The topological polar surface area (TPSA) is 60.6 Å². The number of nitrogens with one attached hydrogen (secondary N) is 2. The van der Waals surface area contributed by atoms with Crippen molar-refractivity contribution in [1.29, 1.82) is 0 Å². The molecular formula is C22H34N4O2S. The van der Waals surface area contributed by atoms with E-state index in [9.17, 15) is 4.79 Å². The number of hydrogen-bond donors (Lipinski definition) is 2. The summed E-state index contributed by atoms with van der Waals surface area (Å²) in [5.74, 6) is 0. The summed E-state index contributed by atoms with van der Waals surface area (Å²) < 4.78 is 5.11. The molecule has 0 saturated heterocycles. The van der Waals surface area contributed by atoms with Crippen LogP contribution in [0.1, 0.15) is 31.4 Å². The average molecular weight is 419 g/mol. The molecule has 1 heterocycles. The molecule has 2 aromatic rings. The fraction of sp³-hybridized carbons (Fsp3) is 0.545. The molecule has 0 aliphatic carbocycles. The van der Waals surface area contributed by atoms with Crippen molar-refractivity contribution in [3.05, 3.63) is 45.7 Å². The Morgan fingerprint density at radius 2 is 2.00 bits per heavy atom. The number of pyridine rings is 1. The molecule has 6 nitrogen and oxygen atoms in total. The van der Waals surface area contributed by atoms with E-state index >= 15 is 0 Å². The molecule has 1 aromatic carbocycles. The van der Waals surface area contributed by atoms with Gasteiger partial charge in [0.25, 0.3) is 5.56 Å². The van der Waals surface area contributed by atoms with Crippen LogP contribution in [-0.2, 0) is 11.3 Å². The van der Waals surface area contributed by atoms with Gasteiger partial charge in [-0.25, -0.2) is 0 Å². The Bertz CT molecular complexity index is 848. The Morgan fingerprint density at radius 3 is 2.69 bits per heavy atom. The molecule has 0 amide bonds. The van der Waals surface area contributed by atoms with Gasteiger partial charge in [0.05, 0.1) is 12.1 Å². The van der Waals surface area contributed by atoms with Gasteiger partial charge in [0.15, 0.2) is 5.11 Å². The van der Waals surface area contributed by atoms with Crippen LogP contribution < -0.4 is 10.9 Å². The van der Waals surface area contributed by atoms with E-state index in [0.717, 1.165) is 61.2 Å². The van der Waals surface area contributed by atoms with Crippen LogP contribution >= 0.6 is 12.2 Å². The third kappa shape index (κ3) is 6.80. The molecule has 0 atom stereocenters. The Hall–Kier alpha value is -1.96. The van der Waals surface area contributed by atoms with Crippen LogP contribution in [0.2, 0.25) is 0 Å². The molecule has 2 rings (SSSR count). The normalized spacial score (nSPS) is 11.2. The van der Waals surface area contributed by atoms with Gasteiger partial charge in [-0.3, -0.25) is 4.79 Å². The first-order chi connectivity index (χ1) is 14.0. The first-order valence-electron chi connectivity index (χ1n) is 10.4. The summed E-state index contributed by atoms with van der Waals surface area (Å²) in [7, 11) is 1.70. The van der Waals surface area contributed by atoms with Gasteiger partial charge in [0, 0.05) is 38.9 Å². The van der Waals surface area contributed by atoms with Crippen molar-refractivity contribution in [1.82, 2.24) is 20.1 Å². The first-order valence-corrected chi connectivity index (χ1v) is 10.8. The summed E-state index contributed by atoms with van der Waals surface area (Å²) >= 11 is 5.65. The zero-order chi connectivity index (χ0) is 21.2. The summed E-state index contributed by atoms with van der Waals surface area (Å²) in [6.45, 7) is 11.9. The number of aromatic nitrogens is 1. The highest BCUT2D eigenvalue weighted by Gasteiger charge is 2.14. The predicted octanol–water partition coefficient (Wildman–Crippen LogP) is 2.89. The van der Waals surface area contributed by atoms with E-state index in [1.807, 2.05) is 31.2 Å². The number of ether oxygens (including phenoxy) is 1. The standard InChI is InChI=1S/C22H34N4O2S/c1-5-25(6-2)12-13-26(22(29)23-11-8-14-28-4)16-19-15-18-10-7-9-17(3)20(18)24-21(19)27/h7,9-10,15H,5-6,8,11-14,16H2,1-4H3,(H,23,29)(H,24,27). The number of nitrogens with zero attached hydrogens (tertiary/aromatic N) is 2. The minimum atomic E-state index is -0.0539. The largest absolute Gasteiger partial charge is 0.385 e. The van der Waals surface area contributed by atoms with E-state index in [2.05, 4.69) is 33.9 Å². The minimum absolute atomic E-state index is 0.0539. The van der Waals surface area contributed by atoms with Crippen molar-refractivity contribution < 1.29 is 4.74 Å². The van der Waals surface area contributed by atoms with Crippen molar-refractivity contribution >= 4 is 28.2 Å². The molecule has 0 radical (unpaired) electrons. The molecule has 160 valence electrons. The second-order valence-electron chi connectivity index (χ2n) is 7.19. The van der Waals surface area contributed by atoms with E-state index in [4.69, 9.17) is 17.0 Å². The van der Waals surface area contributed by atoms with Crippen LogP contribution in [0.15, 0.2) is 29.1 Å². The lowest BCUT2D eigenvalue weighted by Crippen LogP contribution is -2.44. The Morgan fingerprint density at radius 1 is 1.24 bits per heavy atom. The summed E-state index contributed by atoms with van der Waals surface area (Å²) in [4.78, 5) is 20.2. The second-order valence-corrected chi connectivity index (χ2v) is 7.58. The molecule has 2 N–H and O–H groups in total. The van der Waals surface area contributed by atoms with Crippen molar-refractivity contribution in [3.63, 3.8) is 0 Å². The zero-order valence-electron chi connectivity index (χ0n) is 18.1. The number of likely N-dealkylation sites (N-methyl/N-ethyl adjacent to an activating group) is 1. The Balaban J connectivity index is 2.19. The molecule has 0 fully saturated rings. The monoisotopic (exact) mass is 418 g/mol. The number of fused-ring (bicyclic) bond motifs is 1.